The molecule has 36 heavy (non-hydrogen) atoms. The first kappa shape index (κ1) is 24.0. The molecule has 1 amide bonds. The number of fused-ring (bicyclic) bond motifs is 1. The SMILES string of the molecule is CCOc1ccc2nc(N3C(=O)C(=O)C(=C(O)c4cc(C)ccc4C)C3c3cccc(Cl)c3)sc2c1. The minimum Gasteiger partial charge on any atom is -0.507 e. The van der Waals surface area contributed by atoms with E-state index in [0.717, 1.165) is 15.8 Å². The van der Waals surface area contributed by atoms with Gasteiger partial charge in [0.2, 0.25) is 0 Å². The van der Waals surface area contributed by atoms with Gasteiger partial charge < -0.3 is 9.84 Å². The lowest BCUT2D eigenvalue weighted by Gasteiger charge is -2.23. The van der Waals surface area contributed by atoms with E-state index in [-0.39, 0.29) is 11.3 Å². The monoisotopic (exact) mass is 518 g/mol. The second-order valence-corrected chi connectivity index (χ2v) is 10.0. The van der Waals surface area contributed by atoms with Crippen molar-refractivity contribution in [3.05, 3.63) is 93.5 Å². The van der Waals surface area contributed by atoms with E-state index in [4.69, 9.17) is 16.3 Å². The van der Waals surface area contributed by atoms with Crippen LogP contribution in [0.15, 0.2) is 66.2 Å². The van der Waals surface area contributed by atoms with Crippen molar-refractivity contribution in [2.45, 2.75) is 26.8 Å². The van der Waals surface area contributed by atoms with Gasteiger partial charge in [0.25, 0.3) is 5.78 Å². The van der Waals surface area contributed by atoms with E-state index in [1.54, 1.807) is 30.3 Å². The summed E-state index contributed by atoms with van der Waals surface area (Å²) in [5.74, 6) is -1.05. The Labute approximate surface area is 217 Å². The van der Waals surface area contributed by atoms with Crippen molar-refractivity contribution in [1.82, 2.24) is 4.98 Å². The predicted molar refractivity (Wildman–Crippen MR) is 143 cm³/mol. The summed E-state index contributed by atoms with van der Waals surface area (Å²) in [7, 11) is 0. The second-order valence-electron chi connectivity index (χ2n) is 8.60. The van der Waals surface area contributed by atoms with Crippen molar-refractivity contribution in [2.24, 2.45) is 0 Å². The molecule has 8 heteroatoms. The second kappa shape index (κ2) is 9.41. The number of aliphatic hydroxyl groups excluding tert-OH is 1. The van der Waals surface area contributed by atoms with Crippen LogP contribution in [0.3, 0.4) is 0 Å². The molecule has 2 heterocycles. The van der Waals surface area contributed by atoms with Crippen molar-refractivity contribution < 1.29 is 19.4 Å². The van der Waals surface area contributed by atoms with Crippen molar-refractivity contribution >= 4 is 55.7 Å². The van der Waals surface area contributed by atoms with Gasteiger partial charge in [0, 0.05) is 10.6 Å². The lowest BCUT2D eigenvalue weighted by atomic mass is 9.93. The average Bonchev–Trinajstić information content (AvgIpc) is 3.38. The van der Waals surface area contributed by atoms with Gasteiger partial charge in [-0.05, 0) is 68.3 Å². The molecule has 1 saturated heterocycles. The normalized spacial score (nSPS) is 17.2. The number of carbonyl (C=O) groups is 2. The molecule has 0 radical (unpaired) electrons. The first-order valence-corrected chi connectivity index (χ1v) is 12.7. The van der Waals surface area contributed by atoms with E-state index in [1.165, 1.54) is 16.2 Å². The standard InChI is InChI=1S/C28H23ClN2O4S/c1-4-35-19-10-11-21-22(14-19)36-28(30-21)31-24(17-6-5-7-18(29)13-17)23(26(33)27(31)34)25(32)20-12-15(2)8-9-16(20)3/h5-14,24,32H,4H2,1-3H3. The largest absolute Gasteiger partial charge is 0.507 e. The number of aromatic nitrogens is 1. The third-order valence-corrected chi connectivity index (χ3v) is 7.38. The Morgan fingerprint density at radius 2 is 1.92 bits per heavy atom. The number of thiazole rings is 1. The number of nitrogens with zero attached hydrogens (tertiary/aromatic N) is 2. The first-order chi connectivity index (χ1) is 17.3. The van der Waals surface area contributed by atoms with Crippen LogP contribution in [-0.2, 0) is 9.59 Å². The summed E-state index contributed by atoms with van der Waals surface area (Å²) in [6.07, 6.45) is 0. The fourth-order valence-electron chi connectivity index (χ4n) is 4.41. The number of ketones is 1. The van der Waals surface area contributed by atoms with E-state index in [0.29, 0.717) is 39.2 Å². The highest BCUT2D eigenvalue weighted by Crippen LogP contribution is 2.45. The fraction of sp³-hybridized carbons (Fsp3) is 0.179. The smallest absolute Gasteiger partial charge is 0.301 e. The van der Waals surface area contributed by atoms with Crippen molar-refractivity contribution in [2.75, 3.05) is 11.5 Å². The Hall–Kier alpha value is -3.68. The van der Waals surface area contributed by atoms with Gasteiger partial charge in [-0.2, -0.15) is 0 Å². The van der Waals surface area contributed by atoms with Crippen LogP contribution in [0, 0.1) is 13.8 Å². The summed E-state index contributed by atoms with van der Waals surface area (Å²) >= 11 is 7.58. The molecule has 0 spiro atoms. The van der Waals surface area contributed by atoms with Crippen molar-refractivity contribution in [1.29, 1.82) is 0 Å². The lowest BCUT2D eigenvalue weighted by Crippen LogP contribution is -2.29. The maximum Gasteiger partial charge on any atom is 0.301 e. The molecule has 3 aromatic carbocycles. The first-order valence-electron chi connectivity index (χ1n) is 11.5. The molecule has 0 aliphatic carbocycles. The van der Waals surface area contributed by atoms with Gasteiger partial charge in [-0.15, -0.1) is 0 Å². The average molecular weight is 519 g/mol. The number of anilines is 1. The van der Waals surface area contributed by atoms with Gasteiger partial charge in [0.15, 0.2) is 5.13 Å². The molecule has 1 aliphatic rings. The minimum absolute atomic E-state index is 0.00484. The number of ether oxygens (including phenoxy) is 1. The number of carbonyl (C=O) groups excluding carboxylic acids is 2. The number of amides is 1. The zero-order valence-electron chi connectivity index (χ0n) is 19.9. The highest BCUT2D eigenvalue weighted by atomic mass is 35.5. The molecule has 1 unspecified atom stereocenters. The van der Waals surface area contributed by atoms with Crippen molar-refractivity contribution in [3.63, 3.8) is 0 Å². The van der Waals surface area contributed by atoms with Gasteiger partial charge in [-0.3, -0.25) is 14.5 Å². The maximum atomic E-state index is 13.5. The van der Waals surface area contributed by atoms with Crippen LogP contribution < -0.4 is 9.64 Å². The molecule has 4 aromatic rings. The number of hydrogen-bond donors (Lipinski definition) is 1. The van der Waals surface area contributed by atoms with Crippen molar-refractivity contribution in [3.8, 4) is 5.75 Å². The Kier molecular flexibility index (Phi) is 6.28. The number of halogens is 1. The fourth-order valence-corrected chi connectivity index (χ4v) is 5.63. The van der Waals surface area contributed by atoms with Crippen LogP contribution in [0.5, 0.6) is 5.75 Å². The Bertz CT molecular complexity index is 1560. The number of hydrogen-bond acceptors (Lipinski definition) is 6. The summed E-state index contributed by atoms with van der Waals surface area (Å²) in [4.78, 5) is 32.9. The van der Waals surface area contributed by atoms with Crippen LogP contribution >= 0.6 is 22.9 Å². The Morgan fingerprint density at radius 1 is 1.11 bits per heavy atom. The number of Topliss-reactive ketones (excluding diaryl/α,β-unsaturated/α-hetero) is 1. The van der Waals surface area contributed by atoms with Crippen LogP contribution in [0.25, 0.3) is 16.0 Å². The third kappa shape index (κ3) is 4.14. The van der Waals surface area contributed by atoms with Gasteiger partial charge in [-0.25, -0.2) is 4.98 Å². The molecule has 0 bridgehead atoms. The van der Waals surface area contributed by atoms with Crippen LogP contribution in [0.1, 0.15) is 35.2 Å². The molecule has 5 rings (SSSR count). The molecular formula is C28H23ClN2O4S. The molecular weight excluding hydrogens is 496 g/mol. The molecule has 1 atom stereocenters. The third-order valence-electron chi connectivity index (χ3n) is 6.12. The van der Waals surface area contributed by atoms with Gasteiger partial charge >= 0.3 is 5.91 Å². The molecule has 182 valence electrons. The lowest BCUT2D eigenvalue weighted by molar-refractivity contribution is -0.132. The zero-order chi connectivity index (χ0) is 25.6. The Morgan fingerprint density at radius 3 is 2.67 bits per heavy atom. The highest BCUT2D eigenvalue weighted by Gasteiger charge is 2.48. The number of aryl methyl sites for hydroxylation is 2. The molecule has 1 aliphatic heterocycles. The summed E-state index contributed by atoms with van der Waals surface area (Å²) in [5, 5.41) is 12.2. The summed E-state index contributed by atoms with van der Waals surface area (Å²) in [6, 6.07) is 17.2. The van der Waals surface area contributed by atoms with E-state index >= 15 is 0 Å². The van der Waals surface area contributed by atoms with Gasteiger partial charge in [-0.1, -0.05) is 52.8 Å². The maximum absolute atomic E-state index is 13.5. The van der Waals surface area contributed by atoms with E-state index < -0.39 is 17.7 Å². The summed E-state index contributed by atoms with van der Waals surface area (Å²) in [6.45, 7) is 6.19. The van der Waals surface area contributed by atoms with Gasteiger partial charge in [0.1, 0.15) is 11.5 Å². The molecule has 6 nitrogen and oxygen atoms in total. The number of rotatable bonds is 5. The van der Waals surface area contributed by atoms with Crippen LogP contribution in [0.2, 0.25) is 5.02 Å². The minimum atomic E-state index is -0.893. The predicted octanol–water partition coefficient (Wildman–Crippen LogP) is 6.59. The summed E-state index contributed by atoms with van der Waals surface area (Å²) < 4.78 is 6.41. The molecule has 1 N–H and O–H groups in total. The number of benzene rings is 3. The van der Waals surface area contributed by atoms with Crippen LogP contribution in [0.4, 0.5) is 5.13 Å². The van der Waals surface area contributed by atoms with Gasteiger partial charge in [0.05, 0.1) is 28.4 Å². The van der Waals surface area contributed by atoms with Crippen LogP contribution in [-0.4, -0.2) is 28.4 Å². The number of aliphatic hydroxyl groups is 1. The molecule has 0 saturated carbocycles. The highest BCUT2D eigenvalue weighted by molar-refractivity contribution is 7.22. The zero-order valence-corrected chi connectivity index (χ0v) is 21.5. The quantitative estimate of drug-likeness (QED) is 0.183. The Balaban J connectivity index is 1.73. The summed E-state index contributed by atoms with van der Waals surface area (Å²) in [5.41, 5.74) is 3.50. The molecule has 1 fully saturated rings. The molecule has 1 aromatic heterocycles. The van der Waals surface area contributed by atoms with E-state index in [9.17, 15) is 14.7 Å². The topological polar surface area (TPSA) is 79.7 Å². The van der Waals surface area contributed by atoms with E-state index in [1.807, 2.05) is 51.1 Å². The van der Waals surface area contributed by atoms with E-state index in [2.05, 4.69) is 4.98 Å².